The number of alkyl halides is 2. The van der Waals surface area contributed by atoms with Gasteiger partial charge in [-0.25, -0.2) is 9.37 Å². The molecule has 0 amide bonds. The van der Waals surface area contributed by atoms with E-state index in [4.69, 9.17) is 11.6 Å². The highest BCUT2D eigenvalue weighted by molar-refractivity contribution is 6.16. The van der Waals surface area contributed by atoms with Crippen molar-refractivity contribution in [2.75, 3.05) is 6.67 Å². The van der Waals surface area contributed by atoms with Crippen LogP contribution in [0, 0.1) is 6.92 Å². The van der Waals surface area contributed by atoms with Crippen molar-refractivity contribution >= 4 is 22.6 Å². The maximum Gasteiger partial charge on any atom is 0.124 e. The van der Waals surface area contributed by atoms with Crippen molar-refractivity contribution in [1.29, 1.82) is 0 Å². The third kappa shape index (κ3) is 1.84. The van der Waals surface area contributed by atoms with Crippen LogP contribution in [0.3, 0.4) is 0 Å². The highest BCUT2D eigenvalue weighted by atomic mass is 35.5. The molecule has 2 rings (SSSR count). The third-order valence-corrected chi connectivity index (χ3v) is 2.65. The number of imidazole rings is 1. The second kappa shape index (κ2) is 4.19. The molecule has 0 fully saturated rings. The number of fused-ring (bicyclic) bond motifs is 1. The van der Waals surface area contributed by atoms with Crippen LogP contribution >= 0.6 is 11.6 Å². The lowest BCUT2D eigenvalue weighted by Crippen LogP contribution is -2.03. The lowest BCUT2D eigenvalue weighted by Gasteiger charge is -2.04. The molecule has 0 aliphatic rings. The lowest BCUT2D eigenvalue weighted by molar-refractivity contribution is 0.446. The standard InChI is InChI=1S/C11H12ClFN2/c1-8-2-3-9-10(6-8)15(5-4-13)11(7-12)14-9/h2-3,6H,4-5,7H2,1H3. The van der Waals surface area contributed by atoms with Crippen LogP contribution in [0.1, 0.15) is 11.4 Å². The van der Waals surface area contributed by atoms with Crippen molar-refractivity contribution in [3.8, 4) is 0 Å². The first kappa shape index (κ1) is 10.4. The highest BCUT2D eigenvalue weighted by Gasteiger charge is 2.09. The minimum Gasteiger partial charge on any atom is -0.324 e. The number of rotatable bonds is 3. The number of benzene rings is 1. The molecule has 0 N–H and O–H groups in total. The number of nitrogens with zero attached hydrogens (tertiary/aromatic N) is 2. The first-order chi connectivity index (χ1) is 7.26. The van der Waals surface area contributed by atoms with Gasteiger partial charge in [-0.2, -0.15) is 0 Å². The van der Waals surface area contributed by atoms with Gasteiger partial charge in [-0.1, -0.05) is 6.07 Å². The fraction of sp³-hybridized carbons (Fsp3) is 0.364. The van der Waals surface area contributed by atoms with Crippen LogP contribution in [0.4, 0.5) is 4.39 Å². The van der Waals surface area contributed by atoms with Gasteiger partial charge in [0.05, 0.1) is 23.5 Å². The van der Waals surface area contributed by atoms with Crippen molar-refractivity contribution in [1.82, 2.24) is 9.55 Å². The minimum absolute atomic E-state index is 0.313. The van der Waals surface area contributed by atoms with Gasteiger partial charge in [-0.3, -0.25) is 0 Å². The van der Waals surface area contributed by atoms with Crippen LogP contribution < -0.4 is 0 Å². The molecule has 0 unspecified atom stereocenters. The van der Waals surface area contributed by atoms with E-state index in [0.717, 1.165) is 22.4 Å². The molecule has 0 radical (unpaired) electrons. The Morgan fingerprint density at radius 2 is 2.27 bits per heavy atom. The maximum absolute atomic E-state index is 12.4. The van der Waals surface area contributed by atoms with Crippen LogP contribution in [-0.2, 0) is 12.4 Å². The molecule has 0 aliphatic heterocycles. The van der Waals surface area contributed by atoms with Crippen LogP contribution in [0.25, 0.3) is 11.0 Å². The van der Waals surface area contributed by atoms with Gasteiger partial charge >= 0.3 is 0 Å². The summed E-state index contributed by atoms with van der Waals surface area (Å²) in [6.45, 7) is 1.93. The Bertz CT molecular complexity index is 479. The van der Waals surface area contributed by atoms with E-state index >= 15 is 0 Å². The summed E-state index contributed by atoms with van der Waals surface area (Å²) >= 11 is 5.77. The number of hydrogen-bond donors (Lipinski definition) is 0. The first-order valence-corrected chi connectivity index (χ1v) is 5.37. The quantitative estimate of drug-likeness (QED) is 0.736. The molecule has 0 spiro atoms. The topological polar surface area (TPSA) is 17.8 Å². The highest BCUT2D eigenvalue weighted by Crippen LogP contribution is 2.18. The van der Waals surface area contributed by atoms with Gasteiger partial charge in [0.25, 0.3) is 0 Å². The van der Waals surface area contributed by atoms with Crippen molar-refractivity contribution in [3.63, 3.8) is 0 Å². The summed E-state index contributed by atoms with van der Waals surface area (Å²) < 4.78 is 14.3. The molecule has 15 heavy (non-hydrogen) atoms. The van der Waals surface area contributed by atoms with E-state index in [2.05, 4.69) is 4.98 Å². The molecular formula is C11H12ClFN2. The summed E-state index contributed by atoms with van der Waals surface area (Å²) in [5, 5.41) is 0. The van der Waals surface area contributed by atoms with Crippen molar-refractivity contribution < 1.29 is 4.39 Å². The Balaban J connectivity index is 2.65. The van der Waals surface area contributed by atoms with E-state index in [1.165, 1.54) is 0 Å². The Labute approximate surface area is 92.7 Å². The van der Waals surface area contributed by atoms with Gasteiger partial charge in [-0.05, 0) is 24.6 Å². The number of aromatic nitrogens is 2. The van der Waals surface area contributed by atoms with Crippen molar-refractivity contribution in [2.45, 2.75) is 19.3 Å². The molecule has 1 aromatic heterocycles. The smallest absolute Gasteiger partial charge is 0.124 e. The van der Waals surface area contributed by atoms with Gasteiger partial charge < -0.3 is 4.57 Å². The van der Waals surface area contributed by atoms with Crippen LogP contribution in [-0.4, -0.2) is 16.2 Å². The average molecular weight is 227 g/mol. The molecule has 0 aliphatic carbocycles. The average Bonchev–Trinajstić information content (AvgIpc) is 2.57. The van der Waals surface area contributed by atoms with Gasteiger partial charge in [-0.15, -0.1) is 11.6 Å². The van der Waals surface area contributed by atoms with E-state index in [-0.39, 0.29) is 0 Å². The molecule has 2 nitrogen and oxygen atoms in total. The lowest BCUT2D eigenvalue weighted by atomic mass is 10.2. The molecule has 0 bridgehead atoms. The van der Waals surface area contributed by atoms with E-state index in [9.17, 15) is 4.39 Å². The van der Waals surface area contributed by atoms with Crippen LogP contribution in [0.5, 0.6) is 0 Å². The largest absolute Gasteiger partial charge is 0.324 e. The van der Waals surface area contributed by atoms with E-state index < -0.39 is 6.67 Å². The minimum atomic E-state index is -0.400. The predicted molar refractivity (Wildman–Crippen MR) is 60.0 cm³/mol. The summed E-state index contributed by atoms with van der Waals surface area (Å²) in [6, 6.07) is 5.94. The summed E-state index contributed by atoms with van der Waals surface area (Å²) in [4.78, 5) is 4.36. The second-order valence-electron chi connectivity index (χ2n) is 3.49. The zero-order valence-corrected chi connectivity index (χ0v) is 9.26. The molecule has 80 valence electrons. The summed E-state index contributed by atoms with van der Waals surface area (Å²) in [5.41, 5.74) is 2.98. The monoisotopic (exact) mass is 226 g/mol. The van der Waals surface area contributed by atoms with Gasteiger partial charge in [0.1, 0.15) is 12.5 Å². The first-order valence-electron chi connectivity index (χ1n) is 4.84. The van der Waals surface area contributed by atoms with Gasteiger partial charge in [0.15, 0.2) is 0 Å². The molecular weight excluding hydrogens is 215 g/mol. The molecule has 0 saturated heterocycles. The predicted octanol–water partition coefficient (Wildman–Crippen LogP) is 3.05. The Morgan fingerprint density at radius 1 is 1.47 bits per heavy atom. The fourth-order valence-corrected chi connectivity index (χ4v) is 1.92. The van der Waals surface area contributed by atoms with Gasteiger partial charge in [0.2, 0.25) is 0 Å². The maximum atomic E-state index is 12.4. The number of hydrogen-bond acceptors (Lipinski definition) is 1. The molecule has 2 aromatic rings. The van der Waals surface area contributed by atoms with Crippen molar-refractivity contribution in [3.05, 3.63) is 29.6 Å². The molecule has 0 saturated carbocycles. The molecule has 4 heteroatoms. The van der Waals surface area contributed by atoms with E-state index in [1.54, 1.807) is 0 Å². The van der Waals surface area contributed by atoms with Crippen LogP contribution in [0.15, 0.2) is 18.2 Å². The Kier molecular flexibility index (Phi) is 2.91. The molecule has 1 aromatic carbocycles. The Hall–Kier alpha value is -1.09. The Morgan fingerprint density at radius 3 is 2.93 bits per heavy atom. The molecule has 1 heterocycles. The van der Waals surface area contributed by atoms with E-state index in [0.29, 0.717) is 12.4 Å². The number of halogens is 2. The SMILES string of the molecule is Cc1ccc2nc(CCl)n(CCF)c2c1. The fourth-order valence-electron chi connectivity index (χ4n) is 1.72. The summed E-state index contributed by atoms with van der Waals surface area (Å²) in [6.07, 6.45) is 0. The van der Waals surface area contributed by atoms with E-state index in [1.807, 2.05) is 29.7 Å². The summed E-state index contributed by atoms with van der Waals surface area (Å²) in [5.74, 6) is 1.04. The normalized spacial score (nSPS) is 11.1. The van der Waals surface area contributed by atoms with Crippen LogP contribution in [0.2, 0.25) is 0 Å². The van der Waals surface area contributed by atoms with Gasteiger partial charge in [0, 0.05) is 0 Å². The zero-order chi connectivity index (χ0) is 10.8. The number of aryl methyl sites for hydroxylation is 2. The molecule has 0 atom stereocenters. The van der Waals surface area contributed by atoms with Crippen molar-refractivity contribution in [2.24, 2.45) is 0 Å². The zero-order valence-electron chi connectivity index (χ0n) is 8.50. The summed E-state index contributed by atoms with van der Waals surface area (Å²) in [7, 11) is 0. The third-order valence-electron chi connectivity index (χ3n) is 2.41. The second-order valence-corrected chi connectivity index (χ2v) is 3.76.